The third-order valence-corrected chi connectivity index (χ3v) is 13.5. The van der Waals surface area contributed by atoms with Crippen LogP contribution in [-0.2, 0) is 38.1 Å². The largest absolute Gasteiger partial charge is 0.463 e. The Balaban J connectivity index is 0.000000215. The molecule has 3 aliphatic heterocycles. The molecule has 2 atom stereocenters. The molecule has 370 valence electrons. The van der Waals surface area contributed by atoms with Gasteiger partial charge in [-0.3, -0.25) is 24.1 Å². The number of dihydropyridines is 2. The Morgan fingerprint density at radius 2 is 1.03 bits per heavy atom. The van der Waals surface area contributed by atoms with E-state index in [0.717, 1.165) is 16.3 Å². The van der Waals surface area contributed by atoms with Crippen molar-refractivity contribution in [2.45, 2.75) is 79.1 Å². The van der Waals surface area contributed by atoms with Gasteiger partial charge in [0.15, 0.2) is 11.6 Å². The molecule has 70 heavy (non-hydrogen) atoms. The molecule has 3 aromatic rings. The number of nitrogens with zero attached hydrogens (tertiary/aromatic N) is 1. The molecule has 0 aromatic heterocycles. The number of hydrogen-bond donors (Lipinski definition) is 3. The van der Waals surface area contributed by atoms with Gasteiger partial charge in [0, 0.05) is 63.8 Å². The van der Waals surface area contributed by atoms with Crippen molar-refractivity contribution >= 4 is 58.5 Å². The number of ether oxygens (including phenoxy) is 4. The van der Waals surface area contributed by atoms with Gasteiger partial charge in [-0.15, -0.1) is 0 Å². The van der Waals surface area contributed by atoms with Gasteiger partial charge in [-0.1, -0.05) is 99.4 Å². The Morgan fingerprint density at radius 1 is 0.629 bits per heavy atom. The molecule has 3 aromatic carbocycles. The molecule has 14 nitrogen and oxygen atoms in total. The number of fused-ring (bicyclic) bond motifs is 1. The van der Waals surface area contributed by atoms with Gasteiger partial charge in [0.1, 0.15) is 0 Å². The molecule has 16 heteroatoms. The predicted molar refractivity (Wildman–Crippen MR) is 265 cm³/mol. The fraction of sp³-hybridized carbons (Fsp3) is 0.407. The normalized spacial score (nSPS) is 20.3. The van der Waals surface area contributed by atoms with Crippen molar-refractivity contribution in [3.63, 3.8) is 0 Å². The number of rotatable bonds is 15. The summed E-state index contributed by atoms with van der Waals surface area (Å²) in [6.45, 7) is 13.0. The summed E-state index contributed by atoms with van der Waals surface area (Å²) < 4.78 is 22.4. The molecule has 8 rings (SSSR count). The van der Waals surface area contributed by atoms with E-state index >= 15 is 0 Å². The summed E-state index contributed by atoms with van der Waals surface area (Å²) in [6.07, 6.45) is 2.04. The molecule has 0 fully saturated rings. The van der Waals surface area contributed by atoms with Crippen molar-refractivity contribution in [1.82, 2.24) is 15.5 Å². The third kappa shape index (κ3) is 11.0. The molecule has 4 N–H and O–H groups in total. The summed E-state index contributed by atoms with van der Waals surface area (Å²) in [4.78, 5) is 79.9. The van der Waals surface area contributed by atoms with E-state index in [1.54, 1.807) is 56.3 Å². The molecule has 2 aliphatic carbocycles. The van der Waals surface area contributed by atoms with E-state index in [1.165, 1.54) is 0 Å². The molecule has 2 unspecified atom stereocenters. The summed E-state index contributed by atoms with van der Waals surface area (Å²) in [6, 6.07) is 21.2. The zero-order valence-electron chi connectivity index (χ0n) is 40.4. The smallest absolute Gasteiger partial charge is 0.336 e. The van der Waals surface area contributed by atoms with Crippen LogP contribution in [0.15, 0.2) is 118 Å². The van der Waals surface area contributed by atoms with E-state index < -0.39 is 23.8 Å². The van der Waals surface area contributed by atoms with Gasteiger partial charge in [-0.05, 0) is 72.9 Å². The number of imide groups is 1. The number of hydrogen-bond acceptors (Lipinski definition) is 13. The fourth-order valence-corrected chi connectivity index (χ4v) is 10.4. The minimum atomic E-state index is -0.720. The van der Waals surface area contributed by atoms with Crippen LogP contribution in [0.1, 0.15) is 111 Å². The average molecular weight is 996 g/mol. The lowest BCUT2D eigenvalue weighted by Crippen LogP contribution is -2.40. The molecule has 0 radical (unpaired) electrons. The lowest BCUT2D eigenvalue weighted by molar-refractivity contribution is -0.140. The van der Waals surface area contributed by atoms with E-state index in [2.05, 4.69) is 24.5 Å². The van der Waals surface area contributed by atoms with Gasteiger partial charge < -0.3 is 35.3 Å². The first-order valence-electron chi connectivity index (χ1n) is 23.6. The zero-order valence-corrected chi connectivity index (χ0v) is 41.9. The lowest BCUT2D eigenvalue weighted by Gasteiger charge is -2.40. The van der Waals surface area contributed by atoms with Gasteiger partial charge in [-0.2, -0.15) is 0 Å². The molecule has 0 saturated heterocycles. The second kappa shape index (κ2) is 22.0. The van der Waals surface area contributed by atoms with Crippen LogP contribution < -0.4 is 16.4 Å². The lowest BCUT2D eigenvalue weighted by atomic mass is 9.68. The Kier molecular flexibility index (Phi) is 16.3. The van der Waals surface area contributed by atoms with E-state index in [1.807, 2.05) is 44.2 Å². The maximum Gasteiger partial charge on any atom is 0.336 e. The molecule has 0 saturated carbocycles. The quantitative estimate of drug-likeness (QED) is 0.0750. The van der Waals surface area contributed by atoms with Crippen LogP contribution in [0.2, 0.25) is 10.0 Å². The zero-order chi connectivity index (χ0) is 50.5. The number of halogens is 2. The first-order chi connectivity index (χ1) is 33.4. The van der Waals surface area contributed by atoms with Gasteiger partial charge in [0.2, 0.25) is 0 Å². The molecule has 0 spiro atoms. The van der Waals surface area contributed by atoms with E-state index in [0.29, 0.717) is 99.2 Å². The van der Waals surface area contributed by atoms with E-state index in [-0.39, 0.29) is 79.4 Å². The van der Waals surface area contributed by atoms with E-state index in [9.17, 15) is 28.8 Å². The molecule has 2 amide bonds. The highest BCUT2D eigenvalue weighted by Crippen LogP contribution is 2.50. The van der Waals surface area contributed by atoms with Gasteiger partial charge in [-0.25, -0.2) is 9.59 Å². The number of carbonyl (C=O) groups is 6. The van der Waals surface area contributed by atoms with Crippen molar-refractivity contribution in [2.24, 2.45) is 16.6 Å². The predicted octanol–water partition coefficient (Wildman–Crippen LogP) is 8.26. The maximum absolute atomic E-state index is 13.5. The number of esters is 2. The topological polar surface area (TPSA) is 193 Å². The fourth-order valence-electron chi connectivity index (χ4n) is 9.90. The molecule has 3 heterocycles. The summed E-state index contributed by atoms with van der Waals surface area (Å²) in [5.74, 6) is -3.12. The van der Waals surface area contributed by atoms with Gasteiger partial charge in [0.05, 0.1) is 79.9 Å². The van der Waals surface area contributed by atoms with Gasteiger partial charge >= 0.3 is 11.9 Å². The minimum absolute atomic E-state index is 0.0161. The summed E-state index contributed by atoms with van der Waals surface area (Å²) in [5, 5.41) is 7.60. The Labute approximate surface area is 418 Å². The highest BCUT2D eigenvalue weighted by molar-refractivity contribution is 6.32. The number of nitrogens with one attached hydrogen (secondary N) is 2. The second-order valence-electron chi connectivity index (χ2n) is 19.3. The Morgan fingerprint density at radius 3 is 1.43 bits per heavy atom. The van der Waals surface area contributed by atoms with Crippen molar-refractivity contribution in [3.8, 4) is 0 Å². The van der Waals surface area contributed by atoms with E-state index in [4.69, 9.17) is 47.9 Å². The SMILES string of the molecule is CCOC(=O)C1=C(COCCN)NC2=C(C(=O)CC(C)(C)C2)C1c1ccccc1Cl.CCOC(=O)C1=C(COCCN2C(=O)c3ccccc3C2=O)NC2=C(C(=O)CC(C)(C)C2)C1c1ccccc1Cl. The van der Waals surface area contributed by atoms with Crippen LogP contribution in [0.3, 0.4) is 0 Å². The molecular weight excluding hydrogens is 936 g/mol. The Hall–Kier alpha value is -5.90. The standard InChI is InChI=1S/C31H31ClN2O6.C23H29ClN2O4/c1-4-40-30(38)27-23(17-39-14-13-34-28(36)18-9-5-6-10-19(18)29(34)37)33-22-15-31(2,3)16-24(35)26(22)25(27)20-11-7-8-12-21(20)32;1-4-30-22(28)21-17(13-29-10-9-25)26-16-11-23(2,3)12-18(27)20(16)19(21)14-7-5-6-8-15(14)24/h5-12,25,33H,4,13-17H2,1-3H3;5-8,19,26H,4,9-13,25H2,1-3H3. The van der Waals surface area contributed by atoms with Crippen molar-refractivity contribution in [3.05, 3.63) is 150 Å². The highest BCUT2D eigenvalue weighted by Gasteiger charge is 2.46. The number of Topliss-reactive ketones (excluding diaryl/α,β-unsaturated/α-hetero) is 2. The molecule has 5 aliphatic rings. The number of carbonyl (C=O) groups excluding carboxylic acids is 6. The number of amides is 2. The maximum atomic E-state index is 13.5. The first-order valence-corrected chi connectivity index (χ1v) is 24.3. The molecule has 0 bridgehead atoms. The third-order valence-electron chi connectivity index (χ3n) is 12.8. The Bertz CT molecular complexity index is 2700. The summed E-state index contributed by atoms with van der Waals surface area (Å²) in [7, 11) is 0. The van der Waals surface area contributed by atoms with Crippen LogP contribution in [0.4, 0.5) is 0 Å². The van der Waals surface area contributed by atoms with Crippen LogP contribution in [0, 0.1) is 10.8 Å². The molecular formula is C54H60Cl2N4O10. The number of benzene rings is 3. The van der Waals surface area contributed by atoms with Crippen LogP contribution >= 0.6 is 23.2 Å². The van der Waals surface area contributed by atoms with Crippen LogP contribution in [-0.4, -0.2) is 93.0 Å². The summed E-state index contributed by atoms with van der Waals surface area (Å²) in [5.41, 5.74) is 11.6. The van der Waals surface area contributed by atoms with Crippen LogP contribution in [0.25, 0.3) is 0 Å². The van der Waals surface area contributed by atoms with Crippen LogP contribution in [0.5, 0.6) is 0 Å². The number of allylic oxidation sites excluding steroid dienone is 4. The van der Waals surface area contributed by atoms with Crippen molar-refractivity contribution in [2.75, 3.05) is 52.7 Å². The highest BCUT2D eigenvalue weighted by atomic mass is 35.5. The number of ketones is 2. The monoisotopic (exact) mass is 994 g/mol. The second-order valence-corrected chi connectivity index (χ2v) is 20.1. The van der Waals surface area contributed by atoms with Crippen molar-refractivity contribution < 1.29 is 47.7 Å². The van der Waals surface area contributed by atoms with Gasteiger partial charge in [0.25, 0.3) is 11.8 Å². The average Bonchev–Trinajstić information content (AvgIpc) is 3.54. The summed E-state index contributed by atoms with van der Waals surface area (Å²) >= 11 is 13.2. The van der Waals surface area contributed by atoms with Crippen molar-refractivity contribution in [1.29, 1.82) is 0 Å². The number of nitrogens with two attached hydrogens (primary N) is 1. The first kappa shape index (κ1) is 51.9. The minimum Gasteiger partial charge on any atom is -0.463 e.